The highest BCUT2D eigenvalue weighted by molar-refractivity contribution is 5.91. The van der Waals surface area contributed by atoms with Crippen LogP contribution in [-0.4, -0.2) is 34.3 Å². The van der Waals surface area contributed by atoms with E-state index in [2.05, 4.69) is 26.1 Å². The lowest BCUT2D eigenvalue weighted by Gasteiger charge is -2.10. The summed E-state index contributed by atoms with van der Waals surface area (Å²) in [6, 6.07) is 6.41. The van der Waals surface area contributed by atoms with Crippen LogP contribution in [0.15, 0.2) is 36.7 Å². The SMILES string of the molecule is CC(=O)Nc1cc(Oc2ccc(NC(=O)CONC(=O)C3CCCC3)nc2)ccn1. The molecule has 2 heterocycles. The van der Waals surface area contributed by atoms with Gasteiger partial charge in [-0.15, -0.1) is 0 Å². The van der Waals surface area contributed by atoms with E-state index in [1.165, 1.54) is 19.3 Å². The molecule has 0 aromatic carbocycles. The van der Waals surface area contributed by atoms with Crippen molar-refractivity contribution >= 4 is 29.4 Å². The lowest BCUT2D eigenvalue weighted by atomic mass is 10.1. The van der Waals surface area contributed by atoms with E-state index in [1.807, 2.05) is 0 Å². The average molecular weight is 413 g/mol. The van der Waals surface area contributed by atoms with Crippen molar-refractivity contribution in [3.05, 3.63) is 36.7 Å². The van der Waals surface area contributed by atoms with Gasteiger partial charge < -0.3 is 15.4 Å². The third-order valence-electron chi connectivity index (χ3n) is 4.38. The fourth-order valence-corrected chi connectivity index (χ4v) is 3.00. The Balaban J connectivity index is 1.44. The van der Waals surface area contributed by atoms with Gasteiger partial charge in [-0.25, -0.2) is 15.4 Å². The van der Waals surface area contributed by atoms with Gasteiger partial charge in [0.25, 0.3) is 5.91 Å². The number of nitrogens with zero attached hydrogens (tertiary/aromatic N) is 2. The Morgan fingerprint density at radius 3 is 2.53 bits per heavy atom. The van der Waals surface area contributed by atoms with E-state index >= 15 is 0 Å². The van der Waals surface area contributed by atoms with Gasteiger partial charge in [0, 0.05) is 25.1 Å². The normalized spacial score (nSPS) is 13.5. The van der Waals surface area contributed by atoms with Gasteiger partial charge in [0.15, 0.2) is 6.61 Å². The van der Waals surface area contributed by atoms with Crippen LogP contribution in [0.5, 0.6) is 11.5 Å². The lowest BCUT2D eigenvalue weighted by Crippen LogP contribution is -2.32. The van der Waals surface area contributed by atoms with Crippen molar-refractivity contribution in [1.29, 1.82) is 0 Å². The van der Waals surface area contributed by atoms with Crippen molar-refractivity contribution < 1.29 is 24.0 Å². The predicted molar refractivity (Wildman–Crippen MR) is 108 cm³/mol. The molecule has 1 aliphatic carbocycles. The highest BCUT2D eigenvalue weighted by Crippen LogP contribution is 2.25. The van der Waals surface area contributed by atoms with E-state index in [9.17, 15) is 14.4 Å². The number of amides is 3. The van der Waals surface area contributed by atoms with E-state index in [0.717, 1.165) is 25.7 Å². The number of pyridine rings is 2. The van der Waals surface area contributed by atoms with Gasteiger partial charge in [-0.3, -0.25) is 19.2 Å². The Morgan fingerprint density at radius 2 is 1.83 bits per heavy atom. The number of hydroxylamine groups is 1. The molecule has 3 rings (SSSR count). The predicted octanol–water partition coefficient (Wildman–Crippen LogP) is 2.40. The second-order valence-electron chi connectivity index (χ2n) is 6.82. The van der Waals surface area contributed by atoms with Crippen LogP contribution >= 0.6 is 0 Å². The third kappa shape index (κ3) is 6.52. The highest BCUT2D eigenvalue weighted by atomic mass is 16.7. The van der Waals surface area contributed by atoms with Gasteiger partial charge in [0.05, 0.1) is 6.20 Å². The molecule has 3 amide bonds. The minimum atomic E-state index is -0.447. The molecule has 1 aliphatic rings. The van der Waals surface area contributed by atoms with Crippen molar-refractivity contribution in [2.75, 3.05) is 17.2 Å². The fraction of sp³-hybridized carbons (Fsp3) is 0.350. The molecular weight excluding hydrogens is 390 g/mol. The minimum Gasteiger partial charge on any atom is -0.456 e. The number of anilines is 2. The first-order chi connectivity index (χ1) is 14.5. The first kappa shape index (κ1) is 21.2. The number of nitrogens with one attached hydrogen (secondary N) is 3. The summed E-state index contributed by atoms with van der Waals surface area (Å²) in [7, 11) is 0. The molecule has 2 aromatic heterocycles. The molecule has 30 heavy (non-hydrogen) atoms. The second kappa shape index (κ2) is 10.3. The van der Waals surface area contributed by atoms with Crippen molar-refractivity contribution in [2.45, 2.75) is 32.6 Å². The molecule has 0 atom stereocenters. The third-order valence-corrected chi connectivity index (χ3v) is 4.38. The van der Waals surface area contributed by atoms with Crippen molar-refractivity contribution in [1.82, 2.24) is 15.4 Å². The number of rotatable bonds is 8. The van der Waals surface area contributed by atoms with Crippen LogP contribution in [0.25, 0.3) is 0 Å². The van der Waals surface area contributed by atoms with Gasteiger partial charge in [-0.2, -0.15) is 0 Å². The van der Waals surface area contributed by atoms with Gasteiger partial charge in [0.2, 0.25) is 11.8 Å². The number of aromatic nitrogens is 2. The van der Waals surface area contributed by atoms with E-state index in [1.54, 1.807) is 24.3 Å². The van der Waals surface area contributed by atoms with Crippen molar-refractivity contribution in [2.24, 2.45) is 5.92 Å². The van der Waals surface area contributed by atoms with Crippen LogP contribution in [0.1, 0.15) is 32.6 Å². The number of ether oxygens (including phenoxy) is 1. The van der Waals surface area contributed by atoms with Crippen LogP contribution < -0.4 is 20.9 Å². The van der Waals surface area contributed by atoms with Crippen molar-refractivity contribution in [3.63, 3.8) is 0 Å². The largest absolute Gasteiger partial charge is 0.456 e. The molecule has 0 bridgehead atoms. The highest BCUT2D eigenvalue weighted by Gasteiger charge is 2.22. The smallest absolute Gasteiger partial charge is 0.254 e. The maximum Gasteiger partial charge on any atom is 0.254 e. The van der Waals surface area contributed by atoms with Gasteiger partial charge >= 0.3 is 0 Å². The van der Waals surface area contributed by atoms with Crippen LogP contribution in [0.4, 0.5) is 11.6 Å². The molecule has 10 heteroatoms. The fourth-order valence-electron chi connectivity index (χ4n) is 3.00. The first-order valence-electron chi connectivity index (χ1n) is 9.58. The molecule has 158 valence electrons. The molecule has 10 nitrogen and oxygen atoms in total. The van der Waals surface area contributed by atoms with Gasteiger partial charge in [-0.1, -0.05) is 12.8 Å². The Hall–Kier alpha value is -3.53. The molecule has 2 aromatic rings. The summed E-state index contributed by atoms with van der Waals surface area (Å²) in [5.74, 6) is 0.700. The maximum atomic E-state index is 11.9. The zero-order valence-corrected chi connectivity index (χ0v) is 16.5. The molecule has 0 unspecified atom stereocenters. The van der Waals surface area contributed by atoms with E-state index in [-0.39, 0.29) is 24.3 Å². The quantitative estimate of drug-likeness (QED) is 0.566. The summed E-state index contributed by atoms with van der Waals surface area (Å²) in [6.07, 6.45) is 6.75. The van der Waals surface area contributed by atoms with Gasteiger partial charge in [0.1, 0.15) is 23.1 Å². The second-order valence-corrected chi connectivity index (χ2v) is 6.82. The Bertz CT molecular complexity index is 897. The van der Waals surface area contributed by atoms with Crippen LogP contribution in [-0.2, 0) is 19.2 Å². The Labute approximate surface area is 173 Å². The van der Waals surface area contributed by atoms with E-state index in [4.69, 9.17) is 9.57 Å². The number of hydrogen-bond acceptors (Lipinski definition) is 7. The molecule has 1 saturated carbocycles. The molecule has 0 saturated heterocycles. The van der Waals surface area contributed by atoms with Gasteiger partial charge in [-0.05, 0) is 31.0 Å². The lowest BCUT2D eigenvalue weighted by molar-refractivity contribution is -0.140. The topological polar surface area (TPSA) is 132 Å². The average Bonchev–Trinajstić information content (AvgIpc) is 3.24. The van der Waals surface area contributed by atoms with Crippen LogP contribution in [0.2, 0.25) is 0 Å². The number of carbonyl (C=O) groups is 3. The molecule has 0 radical (unpaired) electrons. The van der Waals surface area contributed by atoms with Crippen LogP contribution in [0.3, 0.4) is 0 Å². The maximum absolute atomic E-state index is 11.9. The zero-order chi connectivity index (χ0) is 21.3. The zero-order valence-electron chi connectivity index (χ0n) is 16.5. The summed E-state index contributed by atoms with van der Waals surface area (Å²) < 4.78 is 5.66. The standard InChI is InChI=1S/C20H23N5O5/c1-13(26)23-18-10-15(8-9-21-18)30-16-6-7-17(22-11-16)24-19(27)12-29-25-20(28)14-4-2-3-5-14/h6-11,14H,2-5,12H2,1H3,(H,25,28)(H,21,23,26)(H,22,24,27). The molecule has 0 aliphatic heterocycles. The molecule has 1 fully saturated rings. The summed E-state index contributed by atoms with van der Waals surface area (Å²) >= 11 is 0. The minimum absolute atomic E-state index is 0.0306. The molecule has 0 spiro atoms. The van der Waals surface area contributed by atoms with Crippen LogP contribution in [0, 0.1) is 5.92 Å². The monoisotopic (exact) mass is 413 g/mol. The van der Waals surface area contributed by atoms with Crippen molar-refractivity contribution in [3.8, 4) is 11.5 Å². The number of hydrogen-bond donors (Lipinski definition) is 3. The summed E-state index contributed by atoms with van der Waals surface area (Å²) in [4.78, 5) is 47.9. The van der Waals surface area contributed by atoms with E-state index < -0.39 is 5.91 Å². The molecule has 3 N–H and O–H groups in total. The van der Waals surface area contributed by atoms with E-state index in [0.29, 0.717) is 23.1 Å². The Morgan fingerprint density at radius 1 is 1.03 bits per heavy atom. The first-order valence-corrected chi connectivity index (χ1v) is 9.58. The Kier molecular flexibility index (Phi) is 7.28. The molecular formula is C20H23N5O5. The summed E-state index contributed by atoms with van der Waals surface area (Å²) in [5, 5.41) is 5.14. The summed E-state index contributed by atoms with van der Waals surface area (Å²) in [5.41, 5.74) is 2.32. The number of carbonyl (C=O) groups excluding carboxylic acids is 3. The summed E-state index contributed by atoms with van der Waals surface area (Å²) in [6.45, 7) is 1.07.